The molecule has 1 aliphatic carbocycles. The Morgan fingerprint density at radius 3 is 2.52 bits per heavy atom. The van der Waals surface area contributed by atoms with Gasteiger partial charge < -0.3 is 14.3 Å². The lowest BCUT2D eigenvalue weighted by atomic mass is 9.90. The van der Waals surface area contributed by atoms with Gasteiger partial charge in [0.1, 0.15) is 11.2 Å². The van der Waals surface area contributed by atoms with E-state index in [2.05, 4.69) is 11.4 Å². The molecule has 3 aromatic rings. The van der Waals surface area contributed by atoms with Crippen LogP contribution >= 0.6 is 0 Å². The van der Waals surface area contributed by atoms with Gasteiger partial charge >= 0.3 is 0 Å². The standard InChI is InChI=1S/C25H29N3O3/c1-16-11-17(2)13-19(12-16)28-23(29)21-14-22-20(9-10-31-22)27(21)15-25(28,3)24(30)26-18-7-5-4-6-8-18/h9-14,18H,4-8,15H2,1-3H3,(H,26,30)/t25-/m1/s1. The van der Waals surface area contributed by atoms with Gasteiger partial charge in [0.25, 0.3) is 5.91 Å². The number of nitrogens with one attached hydrogen (secondary N) is 1. The van der Waals surface area contributed by atoms with E-state index in [1.54, 1.807) is 17.2 Å². The first kappa shape index (κ1) is 19.9. The average molecular weight is 420 g/mol. The number of carbonyl (C=O) groups excluding carboxylic acids is 2. The number of hydrogen-bond acceptors (Lipinski definition) is 3. The first-order valence-corrected chi connectivity index (χ1v) is 11.2. The molecule has 0 bridgehead atoms. The van der Waals surface area contributed by atoms with Crippen molar-refractivity contribution in [3.63, 3.8) is 0 Å². The third-order valence-electron chi connectivity index (χ3n) is 6.80. The number of rotatable bonds is 3. The van der Waals surface area contributed by atoms with Crippen molar-refractivity contribution in [2.75, 3.05) is 4.90 Å². The third-order valence-corrected chi connectivity index (χ3v) is 6.80. The van der Waals surface area contributed by atoms with Crippen molar-refractivity contribution in [3.8, 4) is 0 Å². The van der Waals surface area contributed by atoms with Crippen LogP contribution in [-0.2, 0) is 11.3 Å². The van der Waals surface area contributed by atoms with Gasteiger partial charge in [-0.1, -0.05) is 25.3 Å². The topological polar surface area (TPSA) is 67.5 Å². The van der Waals surface area contributed by atoms with E-state index < -0.39 is 5.54 Å². The Morgan fingerprint density at radius 1 is 1.10 bits per heavy atom. The van der Waals surface area contributed by atoms with Gasteiger partial charge in [-0.05, 0) is 56.9 Å². The lowest BCUT2D eigenvalue weighted by molar-refractivity contribution is -0.127. The van der Waals surface area contributed by atoms with Crippen LogP contribution in [0.15, 0.2) is 41.0 Å². The largest absolute Gasteiger partial charge is 0.463 e. The van der Waals surface area contributed by atoms with Crippen LogP contribution in [0.3, 0.4) is 0 Å². The number of benzene rings is 1. The van der Waals surface area contributed by atoms with Crippen LogP contribution in [0, 0.1) is 13.8 Å². The zero-order valence-electron chi connectivity index (χ0n) is 18.4. The monoisotopic (exact) mass is 419 g/mol. The molecule has 3 heterocycles. The molecule has 1 saturated carbocycles. The molecule has 6 nitrogen and oxygen atoms in total. The SMILES string of the molecule is Cc1cc(C)cc(N2C(=O)c3cc4occc4n3C[C@]2(C)C(=O)NC2CCCCC2)c1. The summed E-state index contributed by atoms with van der Waals surface area (Å²) in [5.74, 6) is -0.271. The van der Waals surface area contributed by atoms with Crippen LogP contribution in [0.2, 0.25) is 0 Å². The van der Waals surface area contributed by atoms with Crippen LogP contribution in [0.4, 0.5) is 5.69 Å². The van der Waals surface area contributed by atoms with Crippen molar-refractivity contribution < 1.29 is 14.0 Å². The minimum atomic E-state index is -1.05. The van der Waals surface area contributed by atoms with Gasteiger partial charge in [0.15, 0.2) is 5.58 Å². The number of fused-ring (bicyclic) bond motifs is 3. The molecule has 0 radical (unpaired) electrons. The van der Waals surface area contributed by atoms with Gasteiger partial charge in [-0.15, -0.1) is 0 Å². The average Bonchev–Trinajstić information content (AvgIpc) is 3.30. The fourth-order valence-corrected chi connectivity index (χ4v) is 5.28. The van der Waals surface area contributed by atoms with Crippen LogP contribution in [0.1, 0.15) is 60.6 Å². The van der Waals surface area contributed by atoms with E-state index in [0.29, 0.717) is 17.8 Å². The molecule has 1 fully saturated rings. The molecule has 2 aromatic heterocycles. The highest BCUT2D eigenvalue weighted by molar-refractivity contribution is 6.13. The number of aromatic nitrogens is 1. The Balaban J connectivity index is 1.62. The van der Waals surface area contributed by atoms with Crippen LogP contribution < -0.4 is 10.2 Å². The summed E-state index contributed by atoms with van der Waals surface area (Å²) in [4.78, 5) is 29.2. The van der Waals surface area contributed by atoms with Crippen LogP contribution in [-0.4, -0.2) is 28.0 Å². The number of nitrogens with zero attached hydrogens (tertiary/aromatic N) is 2. The summed E-state index contributed by atoms with van der Waals surface area (Å²) in [7, 11) is 0. The lowest BCUT2D eigenvalue weighted by Crippen LogP contribution is -2.65. The summed E-state index contributed by atoms with van der Waals surface area (Å²) in [6.45, 7) is 6.29. The first-order valence-electron chi connectivity index (χ1n) is 11.2. The van der Waals surface area contributed by atoms with Crippen molar-refractivity contribution in [3.05, 3.63) is 53.4 Å². The molecular formula is C25H29N3O3. The van der Waals surface area contributed by atoms with Crippen molar-refractivity contribution in [2.24, 2.45) is 0 Å². The van der Waals surface area contributed by atoms with Gasteiger partial charge in [0.2, 0.25) is 5.91 Å². The molecule has 2 aliphatic rings. The normalized spacial score (nSPS) is 22.0. The number of hydrogen-bond donors (Lipinski definition) is 1. The molecule has 0 unspecified atom stereocenters. The molecule has 5 rings (SSSR count). The third kappa shape index (κ3) is 3.25. The molecule has 162 valence electrons. The quantitative estimate of drug-likeness (QED) is 0.668. The molecule has 2 amide bonds. The lowest BCUT2D eigenvalue weighted by Gasteiger charge is -2.44. The maximum atomic E-state index is 13.8. The summed E-state index contributed by atoms with van der Waals surface area (Å²) in [5.41, 5.74) is 3.90. The Labute approximate surface area is 182 Å². The summed E-state index contributed by atoms with van der Waals surface area (Å²) in [6, 6.07) is 9.87. The Kier molecular flexibility index (Phi) is 4.68. The first-order chi connectivity index (χ1) is 14.9. The van der Waals surface area contributed by atoms with Gasteiger partial charge in [0, 0.05) is 23.9 Å². The summed E-state index contributed by atoms with van der Waals surface area (Å²) >= 11 is 0. The second-order valence-corrected chi connectivity index (χ2v) is 9.35. The second kappa shape index (κ2) is 7.29. The second-order valence-electron chi connectivity index (χ2n) is 9.35. The highest BCUT2D eigenvalue weighted by Crippen LogP contribution is 2.37. The zero-order valence-corrected chi connectivity index (χ0v) is 18.4. The van der Waals surface area contributed by atoms with E-state index in [1.807, 2.05) is 43.5 Å². The smallest absolute Gasteiger partial charge is 0.276 e. The Morgan fingerprint density at radius 2 is 1.81 bits per heavy atom. The van der Waals surface area contributed by atoms with Gasteiger partial charge in [-0.2, -0.15) is 0 Å². The number of amides is 2. The van der Waals surface area contributed by atoms with Crippen LogP contribution in [0.5, 0.6) is 0 Å². The maximum absolute atomic E-state index is 13.8. The van der Waals surface area contributed by atoms with E-state index >= 15 is 0 Å². The molecular weight excluding hydrogens is 390 g/mol. The van der Waals surface area contributed by atoms with E-state index in [0.717, 1.165) is 48.0 Å². The van der Waals surface area contributed by atoms with Crippen molar-refractivity contribution in [1.29, 1.82) is 0 Å². The summed E-state index contributed by atoms with van der Waals surface area (Å²) < 4.78 is 7.49. The van der Waals surface area contributed by atoms with Gasteiger partial charge in [-0.25, -0.2) is 0 Å². The zero-order chi connectivity index (χ0) is 21.8. The Bertz CT molecular complexity index is 1150. The minimum absolute atomic E-state index is 0.0945. The number of aryl methyl sites for hydroxylation is 2. The van der Waals surface area contributed by atoms with Crippen molar-refractivity contribution in [1.82, 2.24) is 9.88 Å². The highest BCUT2D eigenvalue weighted by Gasteiger charge is 2.49. The van der Waals surface area contributed by atoms with Gasteiger partial charge in [-0.3, -0.25) is 14.5 Å². The number of carbonyl (C=O) groups is 2. The fraction of sp³-hybridized carbons (Fsp3) is 0.440. The molecule has 6 heteroatoms. The summed E-state index contributed by atoms with van der Waals surface area (Å²) in [6.07, 6.45) is 7.12. The van der Waals surface area contributed by atoms with Crippen molar-refractivity contribution in [2.45, 2.75) is 71.0 Å². The molecule has 0 saturated heterocycles. The predicted molar refractivity (Wildman–Crippen MR) is 120 cm³/mol. The molecule has 0 spiro atoms. The van der Waals surface area contributed by atoms with E-state index in [-0.39, 0.29) is 17.9 Å². The Hall–Kier alpha value is -3.02. The molecule has 1 aliphatic heterocycles. The predicted octanol–water partition coefficient (Wildman–Crippen LogP) is 4.72. The van der Waals surface area contributed by atoms with E-state index in [9.17, 15) is 9.59 Å². The highest BCUT2D eigenvalue weighted by atomic mass is 16.3. The summed E-state index contributed by atoms with van der Waals surface area (Å²) in [5, 5.41) is 3.27. The molecule has 1 aromatic carbocycles. The molecule has 31 heavy (non-hydrogen) atoms. The van der Waals surface area contributed by atoms with Crippen molar-refractivity contribution >= 4 is 28.6 Å². The number of furan rings is 1. The fourth-order valence-electron chi connectivity index (χ4n) is 5.28. The molecule has 1 N–H and O–H groups in total. The number of anilines is 1. The maximum Gasteiger partial charge on any atom is 0.276 e. The van der Waals surface area contributed by atoms with Crippen LogP contribution in [0.25, 0.3) is 11.1 Å². The minimum Gasteiger partial charge on any atom is -0.463 e. The molecule has 1 atom stereocenters. The van der Waals surface area contributed by atoms with E-state index in [4.69, 9.17) is 4.42 Å². The van der Waals surface area contributed by atoms with Gasteiger partial charge in [0.05, 0.1) is 18.3 Å². The van der Waals surface area contributed by atoms with E-state index in [1.165, 1.54) is 6.42 Å².